The number of hydrogen-bond acceptors (Lipinski definition) is 1. The van der Waals surface area contributed by atoms with Crippen molar-refractivity contribution in [3.05, 3.63) is 59.9 Å². The molecule has 0 aliphatic heterocycles. The van der Waals surface area contributed by atoms with Crippen molar-refractivity contribution in [3.8, 4) is 5.69 Å². The second-order valence-electron chi connectivity index (χ2n) is 4.28. The predicted octanol–water partition coefficient (Wildman–Crippen LogP) is 4.07. The van der Waals surface area contributed by atoms with Gasteiger partial charge in [0.15, 0.2) is 0 Å². The Kier molecular flexibility index (Phi) is 2.80. The fraction of sp³-hybridized carbons (Fsp3) is 0.133. The van der Waals surface area contributed by atoms with Crippen LogP contribution in [0, 0.1) is 6.92 Å². The number of hydrogen-bond donors (Lipinski definition) is 0. The van der Waals surface area contributed by atoms with Crippen LogP contribution in [-0.2, 0) is 5.88 Å². The van der Waals surface area contributed by atoms with E-state index in [1.165, 1.54) is 5.56 Å². The monoisotopic (exact) mass is 256 g/mol. The van der Waals surface area contributed by atoms with E-state index in [2.05, 4.69) is 46.8 Å². The molecule has 3 aromatic rings. The third-order valence-corrected chi connectivity index (χ3v) is 3.33. The van der Waals surface area contributed by atoms with Gasteiger partial charge in [-0.3, -0.25) is 4.57 Å². The summed E-state index contributed by atoms with van der Waals surface area (Å²) < 4.78 is 2.12. The second-order valence-corrected chi connectivity index (χ2v) is 4.54. The van der Waals surface area contributed by atoms with Crippen LogP contribution in [-0.4, -0.2) is 9.55 Å². The maximum Gasteiger partial charge on any atom is 0.129 e. The number of alkyl halides is 1. The van der Waals surface area contributed by atoms with Gasteiger partial charge < -0.3 is 0 Å². The Bertz CT molecular complexity index is 686. The molecule has 3 rings (SSSR count). The highest BCUT2D eigenvalue weighted by Crippen LogP contribution is 2.24. The van der Waals surface area contributed by atoms with E-state index < -0.39 is 0 Å². The number of para-hydroxylation sites is 2. The molecule has 18 heavy (non-hydrogen) atoms. The van der Waals surface area contributed by atoms with Crippen molar-refractivity contribution in [1.29, 1.82) is 0 Å². The molecule has 0 saturated heterocycles. The molecule has 0 amide bonds. The van der Waals surface area contributed by atoms with Crippen molar-refractivity contribution in [2.24, 2.45) is 0 Å². The largest absolute Gasteiger partial charge is 0.295 e. The Labute approximate surface area is 111 Å². The van der Waals surface area contributed by atoms with E-state index in [9.17, 15) is 0 Å². The SMILES string of the molecule is Cc1cccc2c1nc(CCl)n2-c1ccccc1. The van der Waals surface area contributed by atoms with Crippen molar-refractivity contribution < 1.29 is 0 Å². The van der Waals surface area contributed by atoms with Gasteiger partial charge in [-0.1, -0.05) is 30.3 Å². The molecular weight excluding hydrogens is 244 g/mol. The topological polar surface area (TPSA) is 17.8 Å². The summed E-state index contributed by atoms with van der Waals surface area (Å²) in [5.41, 5.74) is 4.41. The Morgan fingerprint density at radius 3 is 2.56 bits per heavy atom. The molecule has 2 aromatic carbocycles. The van der Waals surface area contributed by atoms with Crippen LogP contribution in [0.5, 0.6) is 0 Å². The standard InChI is InChI=1S/C15H13ClN2/c1-11-6-5-9-13-15(11)17-14(10-16)18(13)12-7-3-2-4-8-12/h2-9H,10H2,1H3. The summed E-state index contributed by atoms with van der Waals surface area (Å²) in [6, 6.07) is 16.4. The van der Waals surface area contributed by atoms with Crippen LogP contribution in [0.25, 0.3) is 16.7 Å². The molecule has 0 unspecified atom stereocenters. The van der Waals surface area contributed by atoms with Crippen LogP contribution in [0.1, 0.15) is 11.4 Å². The number of halogens is 1. The summed E-state index contributed by atoms with van der Waals surface area (Å²) in [7, 11) is 0. The van der Waals surface area contributed by atoms with Gasteiger partial charge in [0.2, 0.25) is 0 Å². The highest BCUT2D eigenvalue weighted by molar-refractivity contribution is 6.17. The normalized spacial score (nSPS) is 11.0. The number of benzene rings is 2. The Morgan fingerprint density at radius 1 is 1.06 bits per heavy atom. The first-order chi connectivity index (χ1) is 8.81. The van der Waals surface area contributed by atoms with E-state index in [1.54, 1.807) is 0 Å². The van der Waals surface area contributed by atoms with Crippen LogP contribution in [0.3, 0.4) is 0 Å². The molecule has 0 N–H and O–H groups in total. The lowest BCUT2D eigenvalue weighted by Gasteiger charge is -2.07. The molecule has 1 heterocycles. The fourth-order valence-corrected chi connectivity index (χ4v) is 2.42. The molecule has 0 aliphatic carbocycles. The van der Waals surface area contributed by atoms with Gasteiger partial charge in [-0.15, -0.1) is 11.6 Å². The zero-order valence-electron chi connectivity index (χ0n) is 10.1. The molecule has 0 radical (unpaired) electrons. The van der Waals surface area contributed by atoms with Gasteiger partial charge in [0, 0.05) is 5.69 Å². The van der Waals surface area contributed by atoms with E-state index in [0.717, 1.165) is 22.5 Å². The Hall–Kier alpha value is -1.80. The van der Waals surface area contributed by atoms with Crippen LogP contribution >= 0.6 is 11.6 Å². The minimum Gasteiger partial charge on any atom is -0.295 e. The smallest absolute Gasteiger partial charge is 0.129 e. The molecule has 0 atom stereocenters. The third-order valence-electron chi connectivity index (χ3n) is 3.09. The van der Waals surface area contributed by atoms with Gasteiger partial charge in [-0.2, -0.15) is 0 Å². The molecule has 0 saturated carbocycles. The zero-order valence-corrected chi connectivity index (χ0v) is 10.9. The lowest BCUT2D eigenvalue weighted by atomic mass is 10.2. The summed E-state index contributed by atoms with van der Waals surface area (Å²) in [6.07, 6.45) is 0. The first kappa shape index (κ1) is 11.3. The van der Waals surface area contributed by atoms with Gasteiger partial charge in [-0.05, 0) is 30.7 Å². The van der Waals surface area contributed by atoms with E-state index in [-0.39, 0.29) is 0 Å². The second kappa shape index (κ2) is 4.46. The van der Waals surface area contributed by atoms with Gasteiger partial charge in [0.25, 0.3) is 0 Å². The number of nitrogens with zero attached hydrogens (tertiary/aromatic N) is 2. The number of imidazole rings is 1. The highest BCUT2D eigenvalue weighted by atomic mass is 35.5. The summed E-state index contributed by atoms with van der Waals surface area (Å²) in [5, 5.41) is 0. The number of rotatable bonds is 2. The molecule has 0 aliphatic rings. The summed E-state index contributed by atoms with van der Waals surface area (Å²) >= 11 is 6.02. The van der Waals surface area contributed by atoms with Crippen LogP contribution in [0.15, 0.2) is 48.5 Å². The minimum atomic E-state index is 0.406. The maximum absolute atomic E-state index is 6.02. The third kappa shape index (κ3) is 1.70. The van der Waals surface area contributed by atoms with E-state index in [4.69, 9.17) is 11.6 Å². The average molecular weight is 257 g/mol. The predicted molar refractivity (Wildman–Crippen MR) is 75.4 cm³/mol. The first-order valence-corrected chi connectivity index (χ1v) is 6.43. The Morgan fingerprint density at radius 2 is 1.83 bits per heavy atom. The fourth-order valence-electron chi connectivity index (χ4n) is 2.24. The van der Waals surface area contributed by atoms with E-state index in [1.807, 2.05) is 18.2 Å². The van der Waals surface area contributed by atoms with Gasteiger partial charge in [-0.25, -0.2) is 4.98 Å². The number of aryl methyl sites for hydroxylation is 1. The lowest BCUT2D eigenvalue weighted by molar-refractivity contribution is 0.982. The minimum absolute atomic E-state index is 0.406. The highest BCUT2D eigenvalue weighted by Gasteiger charge is 2.12. The van der Waals surface area contributed by atoms with Crippen molar-refractivity contribution in [1.82, 2.24) is 9.55 Å². The summed E-state index contributed by atoms with van der Waals surface area (Å²) in [4.78, 5) is 4.64. The molecule has 90 valence electrons. The molecular formula is C15H13ClN2. The quantitative estimate of drug-likeness (QED) is 0.632. The van der Waals surface area contributed by atoms with E-state index in [0.29, 0.717) is 5.88 Å². The molecule has 3 heteroatoms. The Balaban J connectivity index is 2.37. The number of aromatic nitrogens is 2. The van der Waals surface area contributed by atoms with Crippen molar-refractivity contribution in [2.75, 3.05) is 0 Å². The van der Waals surface area contributed by atoms with Gasteiger partial charge in [0.1, 0.15) is 5.82 Å². The molecule has 0 bridgehead atoms. The van der Waals surface area contributed by atoms with Crippen LogP contribution < -0.4 is 0 Å². The summed E-state index contributed by atoms with van der Waals surface area (Å²) in [6.45, 7) is 2.07. The maximum atomic E-state index is 6.02. The molecule has 2 nitrogen and oxygen atoms in total. The van der Waals surface area contributed by atoms with Gasteiger partial charge in [0.05, 0.1) is 16.9 Å². The van der Waals surface area contributed by atoms with E-state index >= 15 is 0 Å². The number of fused-ring (bicyclic) bond motifs is 1. The molecule has 0 fully saturated rings. The average Bonchev–Trinajstić information content (AvgIpc) is 2.80. The molecule has 1 aromatic heterocycles. The van der Waals surface area contributed by atoms with Crippen molar-refractivity contribution in [2.45, 2.75) is 12.8 Å². The van der Waals surface area contributed by atoms with Crippen LogP contribution in [0.4, 0.5) is 0 Å². The van der Waals surface area contributed by atoms with Crippen molar-refractivity contribution in [3.63, 3.8) is 0 Å². The lowest BCUT2D eigenvalue weighted by Crippen LogP contribution is -1.98. The first-order valence-electron chi connectivity index (χ1n) is 5.89. The van der Waals surface area contributed by atoms with Gasteiger partial charge >= 0.3 is 0 Å². The van der Waals surface area contributed by atoms with Crippen molar-refractivity contribution >= 4 is 22.6 Å². The molecule has 0 spiro atoms. The van der Waals surface area contributed by atoms with Crippen LogP contribution in [0.2, 0.25) is 0 Å². The summed E-state index contributed by atoms with van der Waals surface area (Å²) in [5.74, 6) is 1.29. The zero-order chi connectivity index (χ0) is 12.5.